The fraction of sp³-hybridized carbons (Fsp3) is 0.348. The number of nitrogens with two attached hydrogens (primary N) is 1. The van der Waals surface area contributed by atoms with Gasteiger partial charge in [-0.15, -0.1) is 11.3 Å². The van der Waals surface area contributed by atoms with Gasteiger partial charge in [-0.2, -0.15) is 0 Å². The van der Waals surface area contributed by atoms with E-state index in [0.29, 0.717) is 12.1 Å². The average Bonchev–Trinajstić information content (AvgIpc) is 3.16. The Morgan fingerprint density at radius 3 is 2.68 bits per heavy atom. The van der Waals surface area contributed by atoms with Crippen LogP contribution in [0.1, 0.15) is 31.2 Å². The minimum atomic E-state index is -1.23. The van der Waals surface area contributed by atoms with Gasteiger partial charge < -0.3 is 21.1 Å². The Bertz CT molecular complexity index is 1110. The molecule has 4 N–H and O–H groups in total. The summed E-state index contributed by atoms with van der Waals surface area (Å²) < 4.78 is 1.05. The van der Waals surface area contributed by atoms with Gasteiger partial charge in [0.05, 0.1) is 5.39 Å². The maximum absolute atomic E-state index is 11.4. The van der Waals surface area contributed by atoms with E-state index in [-0.39, 0.29) is 6.42 Å². The molecule has 1 atom stereocenters. The lowest BCUT2D eigenvalue weighted by molar-refractivity contribution is -0.125. The first kappa shape index (κ1) is 21.3. The minimum absolute atomic E-state index is 0.164. The lowest BCUT2D eigenvalue weighted by Gasteiger charge is -2.34. The lowest BCUT2D eigenvalue weighted by atomic mass is 9.90. The van der Waals surface area contributed by atoms with Crippen LogP contribution >= 0.6 is 11.3 Å². The van der Waals surface area contributed by atoms with Crippen molar-refractivity contribution in [2.45, 2.75) is 50.3 Å². The molecular formula is C23H27N5O2S. The smallest absolute Gasteiger partial charge is 0.246 e. The predicted octanol–water partition coefficient (Wildman–Crippen LogP) is 3.55. The fourth-order valence-electron chi connectivity index (χ4n) is 4.39. The van der Waals surface area contributed by atoms with E-state index in [4.69, 9.17) is 5.73 Å². The molecule has 0 unspecified atom stereocenters. The van der Waals surface area contributed by atoms with E-state index >= 15 is 0 Å². The molecule has 0 radical (unpaired) electrons. The molecule has 4 rings (SSSR count). The summed E-state index contributed by atoms with van der Waals surface area (Å²) in [5, 5.41) is 15.6. The van der Waals surface area contributed by atoms with E-state index in [0.717, 1.165) is 57.4 Å². The van der Waals surface area contributed by atoms with Gasteiger partial charge in [0, 0.05) is 28.6 Å². The van der Waals surface area contributed by atoms with Crippen LogP contribution in [0.5, 0.6) is 0 Å². The monoisotopic (exact) mass is 437 g/mol. The Balaban J connectivity index is 1.64. The van der Waals surface area contributed by atoms with E-state index < -0.39 is 12.0 Å². The van der Waals surface area contributed by atoms with Crippen molar-refractivity contribution in [2.75, 3.05) is 5.32 Å². The van der Waals surface area contributed by atoms with Crippen molar-refractivity contribution >= 4 is 43.4 Å². The van der Waals surface area contributed by atoms with Gasteiger partial charge in [-0.3, -0.25) is 4.79 Å². The molecule has 1 aliphatic rings. The number of hydrogen-bond donors (Lipinski definition) is 3. The molecule has 2 aromatic heterocycles. The molecule has 0 aliphatic heterocycles. The summed E-state index contributed by atoms with van der Waals surface area (Å²) in [6.45, 7) is 7.73. The Labute approximate surface area is 185 Å². The van der Waals surface area contributed by atoms with Gasteiger partial charge in [0.15, 0.2) is 0 Å². The summed E-state index contributed by atoms with van der Waals surface area (Å²) in [6.07, 6.45) is 8.31. The van der Waals surface area contributed by atoms with E-state index in [2.05, 4.69) is 33.3 Å². The van der Waals surface area contributed by atoms with Gasteiger partial charge in [-0.1, -0.05) is 25.3 Å². The highest BCUT2D eigenvalue weighted by atomic mass is 32.1. The number of primary amides is 1. The molecule has 1 fully saturated rings. The second kappa shape index (κ2) is 9.03. The van der Waals surface area contributed by atoms with Crippen LogP contribution in [0, 0.1) is 0 Å². The number of aliphatic hydroxyl groups excluding tert-OH is 1. The molecule has 1 amide bonds. The number of anilines is 1. The van der Waals surface area contributed by atoms with Crippen molar-refractivity contribution in [2.24, 2.45) is 5.73 Å². The normalized spacial score (nSPS) is 19.8. The first-order valence-corrected chi connectivity index (χ1v) is 11.2. The van der Waals surface area contributed by atoms with Crippen LogP contribution in [-0.4, -0.2) is 44.1 Å². The molecule has 2 heterocycles. The Hall–Kier alpha value is -2.97. The number of amides is 1. The van der Waals surface area contributed by atoms with Gasteiger partial charge in [0.25, 0.3) is 0 Å². The van der Waals surface area contributed by atoms with Crippen LogP contribution < -0.4 is 11.1 Å². The van der Waals surface area contributed by atoms with E-state index in [1.807, 2.05) is 30.6 Å². The van der Waals surface area contributed by atoms with Gasteiger partial charge in [0.1, 0.15) is 23.1 Å². The maximum atomic E-state index is 11.4. The van der Waals surface area contributed by atoms with Crippen LogP contribution in [0.15, 0.2) is 50.1 Å². The number of rotatable bonds is 8. The highest BCUT2D eigenvalue weighted by Gasteiger charge is 2.25. The number of thiophene rings is 1. The number of aliphatic hydroxyl groups is 1. The predicted molar refractivity (Wildman–Crippen MR) is 126 cm³/mol. The summed E-state index contributed by atoms with van der Waals surface area (Å²) in [5.74, 6) is 0.0704. The van der Waals surface area contributed by atoms with Crippen molar-refractivity contribution in [3.8, 4) is 0 Å². The first-order chi connectivity index (χ1) is 15.0. The number of benzene rings is 1. The van der Waals surface area contributed by atoms with Crippen molar-refractivity contribution in [1.82, 2.24) is 14.9 Å². The second-order valence-electron chi connectivity index (χ2n) is 7.88. The molecule has 1 aromatic carbocycles. The molecule has 8 heteroatoms. The zero-order chi connectivity index (χ0) is 22.0. The van der Waals surface area contributed by atoms with Gasteiger partial charge in [0.2, 0.25) is 5.91 Å². The standard InChI is InChI=1S/C23H27N5O2S/c1-3-28(4-2)16-10-8-15(9-11-16)27-22-20-19-14(12-17(29)21(24)30)6-5-7-18(19)31-23(20)26-13-25-22/h3-7,13,15-17,29H,1-2,8-12H2,(H2,24,30)(H,25,26,27)/t15?,16?,17-/m0/s1. The maximum Gasteiger partial charge on any atom is 0.246 e. The molecule has 0 spiro atoms. The average molecular weight is 438 g/mol. The van der Waals surface area contributed by atoms with Crippen molar-refractivity contribution in [3.05, 3.63) is 55.6 Å². The lowest BCUT2D eigenvalue weighted by Crippen LogP contribution is -2.35. The fourth-order valence-corrected chi connectivity index (χ4v) is 5.49. The zero-order valence-corrected chi connectivity index (χ0v) is 18.1. The molecule has 7 nitrogen and oxygen atoms in total. The minimum Gasteiger partial charge on any atom is -0.383 e. The first-order valence-electron chi connectivity index (χ1n) is 10.4. The number of fused-ring (bicyclic) bond motifs is 3. The second-order valence-corrected chi connectivity index (χ2v) is 8.91. The Morgan fingerprint density at radius 2 is 2.00 bits per heavy atom. The third-order valence-electron chi connectivity index (χ3n) is 6.00. The van der Waals surface area contributed by atoms with Crippen LogP contribution in [0.3, 0.4) is 0 Å². The summed E-state index contributed by atoms with van der Waals surface area (Å²) in [7, 11) is 0. The molecular weight excluding hydrogens is 410 g/mol. The van der Waals surface area contributed by atoms with E-state index in [1.54, 1.807) is 17.7 Å². The number of carbonyl (C=O) groups excluding carboxylic acids is 1. The third-order valence-corrected chi connectivity index (χ3v) is 7.07. The molecule has 0 saturated heterocycles. The Morgan fingerprint density at radius 1 is 1.26 bits per heavy atom. The SMILES string of the molecule is C=CN(C=C)C1CCC(Nc2ncnc3sc4cccc(C[C@H](O)C(N)=O)c4c23)CC1. The zero-order valence-electron chi connectivity index (χ0n) is 17.3. The van der Waals surface area contributed by atoms with Crippen LogP contribution in [0.4, 0.5) is 5.82 Å². The number of hydrogen-bond acceptors (Lipinski definition) is 7. The number of nitrogens with zero attached hydrogens (tertiary/aromatic N) is 3. The van der Waals surface area contributed by atoms with Crippen LogP contribution in [0.25, 0.3) is 20.3 Å². The van der Waals surface area contributed by atoms with Gasteiger partial charge in [-0.25, -0.2) is 9.97 Å². The van der Waals surface area contributed by atoms with Gasteiger partial charge >= 0.3 is 0 Å². The van der Waals surface area contributed by atoms with Crippen LogP contribution in [0.2, 0.25) is 0 Å². The van der Waals surface area contributed by atoms with Crippen molar-refractivity contribution in [1.29, 1.82) is 0 Å². The van der Waals surface area contributed by atoms with Gasteiger partial charge in [-0.05, 0) is 49.7 Å². The number of carbonyl (C=O) groups is 1. The molecule has 3 aromatic rings. The summed E-state index contributed by atoms with van der Waals surface area (Å²) in [5.41, 5.74) is 6.15. The third kappa shape index (κ3) is 4.26. The molecule has 0 bridgehead atoms. The Kier molecular flexibility index (Phi) is 6.20. The molecule has 31 heavy (non-hydrogen) atoms. The quantitative estimate of drug-likeness (QED) is 0.498. The number of aromatic nitrogens is 2. The molecule has 1 aliphatic carbocycles. The van der Waals surface area contributed by atoms with Crippen LogP contribution in [-0.2, 0) is 11.2 Å². The number of nitrogens with one attached hydrogen (secondary N) is 1. The summed E-state index contributed by atoms with van der Waals surface area (Å²) >= 11 is 1.58. The summed E-state index contributed by atoms with van der Waals surface area (Å²) in [4.78, 5) is 23.4. The van der Waals surface area contributed by atoms with Crippen molar-refractivity contribution < 1.29 is 9.90 Å². The highest BCUT2D eigenvalue weighted by Crippen LogP contribution is 2.39. The topological polar surface area (TPSA) is 104 Å². The molecule has 162 valence electrons. The van der Waals surface area contributed by atoms with E-state index in [1.165, 1.54) is 0 Å². The summed E-state index contributed by atoms with van der Waals surface area (Å²) in [6, 6.07) is 6.61. The molecule has 1 saturated carbocycles. The highest BCUT2D eigenvalue weighted by molar-refractivity contribution is 7.25. The van der Waals surface area contributed by atoms with E-state index in [9.17, 15) is 9.90 Å². The largest absolute Gasteiger partial charge is 0.383 e. The van der Waals surface area contributed by atoms with Crippen molar-refractivity contribution in [3.63, 3.8) is 0 Å².